The quantitative estimate of drug-likeness (QED) is 0.545. The molecule has 2 amide bonds. The molecule has 0 radical (unpaired) electrons. The van der Waals surface area contributed by atoms with Crippen LogP contribution in [0, 0.1) is 5.41 Å². The lowest BCUT2D eigenvalue weighted by Crippen LogP contribution is -2.56. The van der Waals surface area contributed by atoms with Gasteiger partial charge < -0.3 is 25.6 Å². The highest BCUT2D eigenvalue weighted by atomic mass is 16.5. The third-order valence-electron chi connectivity index (χ3n) is 8.05. The zero-order chi connectivity index (χ0) is 24.7. The van der Waals surface area contributed by atoms with E-state index in [2.05, 4.69) is 31.9 Å². The van der Waals surface area contributed by atoms with Crippen LogP contribution in [0.1, 0.15) is 37.7 Å². The summed E-state index contributed by atoms with van der Waals surface area (Å²) in [5.74, 6) is 1.58. The predicted molar refractivity (Wildman–Crippen MR) is 137 cm³/mol. The summed E-state index contributed by atoms with van der Waals surface area (Å²) in [7, 11) is 1.68. The number of amides is 2. The van der Waals surface area contributed by atoms with Crippen LogP contribution in [0.5, 0.6) is 5.75 Å². The van der Waals surface area contributed by atoms with E-state index in [1.807, 2.05) is 17.0 Å². The number of hydrogen-bond acceptors (Lipinski definition) is 8. The van der Waals surface area contributed by atoms with Crippen molar-refractivity contribution in [2.24, 2.45) is 5.41 Å². The molecule has 1 aromatic carbocycles. The van der Waals surface area contributed by atoms with Gasteiger partial charge in [-0.05, 0) is 31.4 Å². The molecule has 1 saturated carbocycles. The van der Waals surface area contributed by atoms with Gasteiger partial charge in [0.2, 0.25) is 17.8 Å². The van der Waals surface area contributed by atoms with Crippen molar-refractivity contribution in [1.82, 2.24) is 20.6 Å². The number of carbonyl (C=O) groups excluding carboxylic acids is 2. The van der Waals surface area contributed by atoms with Crippen molar-refractivity contribution in [2.45, 2.75) is 44.6 Å². The first-order valence-electron chi connectivity index (χ1n) is 13.0. The average molecular weight is 492 g/mol. The molecule has 1 aliphatic carbocycles. The molecule has 6 rings (SSSR count). The predicted octanol–water partition coefficient (Wildman–Crippen LogP) is 1.98. The Bertz CT molecular complexity index is 1180. The molecule has 3 fully saturated rings. The van der Waals surface area contributed by atoms with Crippen LogP contribution in [-0.4, -0.2) is 67.7 Å². The third-order valence-corrected chi connectivity index (χ3v) is 8.05. The van der Waals surface area contributed by atoms with Crippen molar-refractivity contribution in [3.05, 3.63) is 30.0 Å². The van der Waals surface area contributed by atoms with Crippen LogP contribution in [0.15, 0.2) is 24.4 Å². The molecule has 3 N–H and O–H groups in total. The normalized spacial score (nSPS) is 24.2. The highest BCUT2D eigenvalue weighted by Crippen LogP contribution is 2.44. The van der Waals surface area contributed by atoms with Crippen LogP contribution in [-0.2, 0) is 16.0 Å². The smallest absolute Gasteiger partial charge is 0.244 e. The Balaban J connectivity index is 1.31. The molecule has 190 valence electrons. The molecule has 10 heteroatoms. The number of ether oxygens (including phenoxy) is 1. The van der Waals surface area contributed by atoms with Gasteiger partial charge >= 0.3 is 0 Å². The van der Waals surface area contributed by atoms with E-state index >= 15 is 0 Å². The molecule has 4 heterocycles. The summed E-state index contributed by atoms with van der Waals surface area (Å²) in [5.41, 5.74) is 1.71. The first kappa shape index (κ1) is 23.0. The van der Waals surface area contributed by atoms with Gasteiger partial charge in [0.25, 0.3) is 0 Å². The summed E-state index contributed by atoms with van der Waals surface area (Å²) < 4.78 is 5.70. The molecule has 10 nitrogen and oxygen atoms in total. The van der Waals surface area contributed by atoms with Gasteiger partial charge in [0.15, 0.2) is 0 Å². The number of rotatable bonds is 5. The Morgan fingerprint density at radius 1 is 1.14 bits per heavy atom. The summed E-state index contributed by atoms with van der Waals surface area (Å²) in [5, 5.41) is 9.56. The largest absolute Gasteiger partial charge is 0.495 e. The molecule has 0 unspecified atom stereocenters. The van der Waals surface area contributed by atoms with Crippen LogP contribution >= 0.6 is 0 Å². The van der Waals surface area contributed by atoms with Crippen LogP contribution < -0.4 is 30.5 Å². The van der Waals surface area contributed by atoms with Crippen molar-refractivity contribution in [3.8, 4) is 5.75 Å². The molecule has 1 spiro atoms. The highest BCUT2D eigenvalue weighted by Gasteiger charge is 2.56. The number of nitrogens with one attached hydrogen (secondary N) is 3. The lowest BCUT2D eigenvalue weighted by Gasteiger charge is -2.40. The minimum absolute atomic E-state index is 0.0722. The Morgan fingerprint density at radius 2 is 1.94 bits per heavy atom. The first-order valence-corrected chi connectivity index (χ1v) is 13.0. The molecule has 2 aromatic rings. The number of benzene rings is 1. The summed E-state index contributed by atoms with van der Waals surface area (Å²) in [4.78, 5) is 40.1. The lowest BCUT2D eigenvalue weighted by atomic mass is 9.76. The molecule has 1 aromatic heterocycles. The molecule has 2 saturated heterocycles. The van der Waals surface area contributed by atoms with Crippen LogP contribution in [0.25, 0.3) is 0 Å². The van der Waals surface area contributed by atoms with E-state index in [-0.39, 0.29) is 17.9 Å². The van der Waals surface area contributed by atoms with Gasteiger partial charge in [0, 0.05) is 68.7 Å². The second-order valence-corrected chi connectivity index (χ2v) is 10.2. The zero-order valence-corrected chi connectivity index (χ0v) is 20.7. The fourth-order valence-corrected chi connectivity index (χ4v) is 6.12. The maximum absolute atomic E-state index is 13.8. The number of methoxy groups -OCH3 is 1. The van der Waals surface area contributed by atoms with E-state index in [4.69, 9.17) is 9.72 Å². The standard InChI is InChI=1S/C26H33N7O3/c1-36-21-14-18(6-7-20(21)32-12-10-27-11-13-32)30-25-29-16-17-15-26(8-9-28-23(26)34)24(35)33(22(17)31-25)19-4-2-3-5-19/h6-7,14,16,19,27H,2-5,8-13,15H2,1H3,(H,28,34)(H,29,30,31)/t26-/m1/s1. The third kappa shape index (κ3) is 3.84. The first-order chi connectivity index (χ1) is 17.6. The van der Waals surface area contributed by atoms with Crippen LogP contribution in [0.4, 0.5) is 23.1 Å². The minimum atomic E-state index is -1.03. The van der Waals surface area contributed by atoms with Crippen LogP contribution in [0.2, 0.25) is 0 Å². The molecule has 0 bridgehead atoms. The summed E-state index contributed by atoms with van der Waals surface area (Å²) in [6.45, 7) is 4.30. The minimum Gasteiger partial charge on any atom is -0.495 e. The van der Waals surface area contributed by atoms with E-state index < -0.39 is 5.41 Å². The van der Waals surface area contributed by atoms with E-state index in [0.717, 1.165) is 74.6 Å². The Labute approximate surface area is 210 Å². The van der Waals surface area contributed by atoms with Crippen molar-refractivity contribution in [2.75, 3.05) is 55.0 Å². The average Bonchev–Trinajstić information content (AvgIpc) is 3.56. The Morgan fingerprint density at radius 3 is 2.67 bits per heavy atom. The fraction of sp³-hybridized carbons (Fsp3) is 0.538. The second kappa shape index (κ2) is 9.24. The van der Waals surface area contributed by atoms with Crippen molar-refractivity contribution in [3.63, 3.8) is 0 Å². The fourth-order valence-electron chi connectivity index (χ4n) is 6.12. The number of anilines is 4. The van der Waals surface area contributed by atoms with Gasteiger partial charge in [0.05, 0.1) is 12.8 Å². The van der Waals surface area contributed by atoms with Gasteiger partial charge in [-0.1, -0.05) is 12.8 Å². The molecular formula is C26H33N7O3. The van der Waals surface area contributed by atoms with Gasteiger partial charge in [-0.3, -0.25) is 14.5 Å². The SMILES string of the molecule is COc1cc(Nc2ncc3c(n2)N(C2CCCC2)C(=O)[C@]2(CCNC2=O)C3)ccc1N1CCNCC1. The van der Waals surface area contributed by atoms with Gasteiger partial charge in [-0.25, -0.2) is 4.98 Å². The van der Waals surface area contributed by atoms with E-state index in [9.17, 15) is 9.59 Å². The number of nitrogens with zero attached hydrogens (tertiary/aromatic N) is 4. The number of carbonyl (C=O) groups is 2. The van der Waals surface area contributed by atoms with Crippen molar-refractivity contribution < 1.29 is 14.3 Å². The Hall–Kier alpha value is -3.40. The summed E-state index contributed by atoms with van der Waals surface area (Å²) >= 11 is 0. The number of hydrogen-bond donors (Lipinski definition) is 3. The topological polar surface area (TPSA) is 112 Å². The monoisotopic (exact) mass is 491 g/mol. The molecule has 3 aliphatic heterocycles. The maximum atomic E-state index is 13.8. The summed E-state index contributed by atoms with van der Waals surface area (Å²) in [6, 6.07) is 6.09. The molecule has 4 aliphatic rings. The maximum Gasteiger partial charge on any atom is 0.244 e. The second-order valence-electron chi connectivity index (χ2n) is 10.2. The van der Waals surface area contributed by atoms with Gasteiger partial charge in [-0.15, -0.1) is 0 Å². The van der Waals surface area contributed by atoms with Gasteiger partial charge in [-0.2, -0.15) is 4.98 Å². The van der Waals surface area contributed by atoms with Gasteiger partial charge in [0.1, 0.15) is 17.0 Å². The molecule has 1 atom stereocenters. The number of piperazine rings is 1. The van der Waals surface area contributed by atoms with Crippen molar-refractivity contribution in [1.29, 1.82) is 0 Å². The molecule has 36 heavy (non-hydrogen) atoms. The highest BCUT2D eigenvalue weighted by molar-refractivity contribution is 6.14. The van der Waals surface area contributed by atoms with E-state index in [1.54, 1.807) is 13.3 Å². The number of aromatic nitrogens is 2. The zero-order valence-electron chi connectivity index (χ0n) is 20.7. The van der Waals surface area contributed by atoms with E-state index in [1.165, 1.54) is 0 Å². The van der Waals surface area contributed by atoms with Crippen molar-refractivity contribution >= 4 is 35.0 Å². The lowest BCUT2D eigenvalue weighted by molar-refractivity contribution is -0.140. The number of fused-ring (bicyclic) bond motifs is 1. The Kier molecular flexibility index (Phi) is 5.91. The molecular weight excluding hydrogens is 458 g/mol. The van der Waals surface area contributed by atoms with E-state index in [0.29, 0.717) is 31.2 Å². The van der Waals surface area contributed by atoms with Crippen LogP contribution in [0.3, 0.4) is 0 Å². The summed E-state index contributed by atoms with van der Waals surface area (Å²) in [6.07, 6.45) is 6.67.